The first kappa shape index (κ1) is 15.8. The van der Waals surface area contributed by atoms with Crippen LogP contribution in [0.4, 0.5) is 11.5 Å². The number of nitrogens with two attached hydrogens (primary N) is 2. The smallest absolute Gasteiger partial charge is 0.237 e. The zero-order valence-corrected chi connectivity index (χ0v) is 14.3. The van der Waals surface area contributed by atoms with Gasteiger partial charge in [0.15, 0.2) is 0 Å². The Balaban J connectivity index is 2.34. The summed E-state index contributed by atoms with van der Waals surface area (Å²) in [7, 11) is 0. The summed E-state index contributed by atoms with van der Waals surface area (Å²) in [5.41, 5.74) is 12.9. The highest BCUT2D eigenvalue weighted by Gasteiger charge is 2.16. The molecule has 0 aliphatic rings. The molecule has 0 aliphatic heterocycles. The number of amides is 1. The number of hydrogen-bond donors (Lipinski definition) is 2. The van der Waals surface area contributed by atoms with Crippen LogP contribution in [0.15, 0.2) is 45.5 Å². The van der Waals surface area contributed by atoms with E-state index in [2.05, 4.69) is 36.8 Å². The number of carbonyl (C=O) groups excluding carboxylic acids is 1. The molecule has 21 heavy (non-hydrogen) atoms. The molecule has 4 N–H and O–H groups in total. The van der Waals surface area contributed by atoms with Gasteiger partial charge in [0.1, 0.15) is 5.82 Å². The molecule has 1 heterocycles. The average Bonchev–Trinajstić information content (AvgIpc) is 2.40. The lowest BCUT2D eigenvalue weighted by molar-refractivity contribution is -0.116. The number of rotatable bonds is 5. The summed E-state index contributed by atoms with van der Waals surface area (Å²) in [6.45, 7) is 0.504. The molecule has 0 atom stereocenters. The van der Waals surface area contributed by atoms with Gasteiger partial charge in [-0.3, -0.25) is 4.79 Å². The van der Waals surface area contributed by atoms with Gasteiger partial charge in [-0.2, -0.15) is 0 Å². The van der Waals surface area contributed by atoms with E-state index in [9.17, 15) is 4.79 Å². The van der Waals surface area contributed by atoms with Gasteiger partial charge in [-0.25, -0.2) is 4.98 Å². The number of aromatic nitrogens is 1. The first-order valence-electron chi connectivity index (χ1n) is 6.15. The van der Waals surface area contributed by atoms with Crippen LogP contribution in [0.5, 0.6) is 0 Å². The lowest BCUT2D eigenvalue weighted by Gasteiger charge is -2.24. The van der Waals surface area contributed by atoms with Crippen molar-refractivity contribution in [2.45, 2.75) is 6.54 Å². The quantitative estimate of drug-likeness (QED) is 0.738. The number of pyridine rings is 1. The monoisotopic (exact) mass is 412 g/mol. The lowest BCUT2D eigenvalue weighted by Crippen LogP contribution is -2.34. The van der Waals surface area contributed by atoms with E-state index in [0.29, 0.717) is 18.1 Å². The normalized spacial score (nSPS) is 10.4. The van der Waals surface area contributed by atoms with Crippen LogP contribution in [0.25, 0.3) is 0 Å². The SMILES string of the molecule is NC(=O)CN(Cc1ccccc1N)c1ncc(Br)cc1Br. The van der Waals surface area contributed by atoms with Crippen LogP contribution in [0, 0.1) is 0 Å². The van der Waals surface area contributed by atoms with Crippen molar-refractivity contribution < 1.29 is 4.79 Å². The molecule has 0 saturated heterocycles. The van der Waals surface area contributed by atoms with Crippen molar-refractivity contribution in [2.24, 2.45) is 5.73 Å². The van der Waals surface area contributed by atoms with Crippen molar-refractivity contribution in [3.05, 3.63) is 51.0 Å². The van der Waals surface area contributed by atoms with E-state index >= 15 is 0 Å². The molecule has 110 valence electrons. The molecule has 0 aliphatic carbocycles. The molecule has 7 heteroatoms. The molecular formula is C14H14Br2N4O. The molecular weight excluding hydrogens is 400 g/mol. The second-order valence-corrected chi connectivity index (χ2v) is 6.25. The number of primary amides is 1. The second-order valence-electron chi connectivity index (χ2n) is 4.48. The third kappa shape index (κ3) is 4.18. The fraction of sp³-hybridized carbons (Fsp3) is 0.143. The summed E-state index contributed by atoms with van der Waals surface area (Å²) >= 11 is 6.80. The summed E-state index contributed by atoms with van der Waals surface area (Å²) in [5.74, 6) is 0.210. The van der Waals surface area contributed by atoms with Crippen LogP contribution in [0.1, 0.15) is 5.56 Å². The van der Waals surface area contributed by atoms with Gasteiger partial charge in [-0.05, 0) is 49.6 Å². The molecule has 1 aromatic heterocycles. The number of halogens is 2. The minimum absolute atomic E-state index is 0.0571. The second kappa shape index (κ2) is 6.91. The van der Waals surface area contributed by atoms with Crippen molar-refractivity contribution in [1.82, 2.24) is 4.98 Å². The van der Waals surface area contributed by atoms with Crippen LogP contribution >= 0.6 is 31.9 Å². The van der Waals surface area contributed by atoms with E-state index < -0.39 is 5.91 Å². The van der Waals surface area contributed by atoms with Gasteiger partial charge >= 0.3 is 0 Å². The zero-order chi connectivity index (χ0) is 15.4. The number of anilines is 2. The van der Waals surface area contributed by atoms with Crippen LogP contribution in [0.2, 0.25) is 0 Å². The van der Waals surface area contributed by atoms with Gasteiger partial charge in [-0.1, -0.05) is 18.2 Å². The predicted molar refractivity (Wildman–Crippen MR) is 90.7 cm³/mol. The maximum atomic E-state index is 11.3. The molecule has 0 fully saturated rings. The number of para-hydroxylation sites is 1. The Bertz CT molecular complexity index is 663. The number of nitrogen functional groups attached to an aromatic ring is 1. The Kier molecular flexibility index (Phi) is 5.19. The third-order valence-electron chi connectivity index (χ3n) is 2.85. The molecule has 2 aromatic rings. The van der Waals surface area contributed by atoms with Gasteiger partial charge < -0.3 is 16.4 Å². The zero-order valence-electron chi connectivity index (χ0n) is 11.1. The largest absolute Gasteiger partial charge is 0.398 e. The summed E-state index contributed by atoms with van der Waals surface area (Å²) < 4.78 is 1.61. The van der Waals surface area contributed by atoms with E-state index in [1.807, 2.05) is 30.3 Å². The summed E-state index contributed by atoms with van der Waals surface area (Å²) in [5, 5.41) is 0. The fourth-order valence-electron chi connectivity index (χ4n) is 1.92. The Morgan fingerprint density at radius 2 is 2.00 bits per heavy atom. The lowest BCUT2D eigenvalue weighted by atomic mass is 10.1. The third-order valence-corrected chi connectivity index (χ3v) is 3.87. The minimum atomic E-state index is -0.430. The Labute approximate surface area is 139 Å². The van der Waals surface area contributed by atoms with Gasteiger partial charge in [0.25, 0.3) is 0 Å². The molecule has 0 spiro atoms. The Morgan fingerprint density at radius 3 is 2.62 bits per heavy atom. The number of hydrogen-bond acceptors (Lipinski definition) is 4. The average molecular weight is 414 g/mol. The minimum Gasteiger partial charge on any atom is -0.398 e. The van der Waals surface area contributed by atoms with Crippen molar-refractivity contribution >= 4 is 49.3 Å². The van der Waals surface area contributed by atoms with Gasteiger partial charge in [-0.15, -0.1) is 0 Å². The molecule has 0 bridgehead atoms. The Hall–Kier alpha value is -1.60. The molecule has 0 saturated carbocycles. The highest BCUT2D eigenvalue weighted by atomic mass is 79.9. The van der Waals surface area contributed by atoms with Crippen LogP contribution in [-0.4, -0.2) is 17.4 Å². The summed E-state index contributed by atoms with van der Waals surface area (Å²) in [6, 6.07) is 9.37. The summed E-state index contributed by atoms with van der Waals surface area (Å²) in [6.07, 6.45) is 1.67. The number of carbonyl (C=O) groups is 1. The molecule has 1 aromatic carbocycles. The molecule has 0 radical (unpaired) electrons. The van der Waals surface area contributed by atoms with E-state index in [-0.39, 0.29) is 6.54 Å². The van der Waals surface area contributed by atoms with Gasteiger partial charge in [0, 0.05) is 22.9 Å². The number of benzene rings is 1. The maximum Gasteiger partial charge on any atom is 0.237 e. The fourth-order valence-corrected chi connectivity index (χ4v) is 3.16. The van der Waals surface area contributed by atoms with Crippen molar-refractivity contribution in [2.75, 3.05) is 17.2 Å². The standard InChI is InChI=1S/C14H14Br2N4O/c15-10-5-11(16)14(19-6-10)20(8-13(18)21)7-9-3-1-2-4-12(9)17/h1-6H,7-8,17H2,(H2,18,21). The van der Waals surface area contributed by atoms with Crippen molar-refractivity contribution in [3.8, 4) is 0 Å². The van der Waals surface area contributed by atoms with E-state index in [0.717, 1.165) is 14.5 Å². The molecule has 2 rings (SSSR count). The van der Waals surface area contributed by atoms with E-state index in [1.54, 1.807) is 11.1 Å². The highest BCUT2D eigenvalue weighted by molar-refractivity contribution is 9.11. The Morgan fingerprint density at radius 1 is 1.29 bits per heavy atom. The molecule has 5 nitrogen and oxygen atoms in total. The number of nitrogens with zero attached hydrogens (tertiary/aromatic N) is 2. The molecule has 1 amide bonds. The van der Waals surface area contributed by atoms with E-state index in [4.69, 9.17) is 11.5 Å². The molecule has 0 unspecified atom stereocenters. The van der Waals surface area contributed by atoms with Gasteiger partial charge in [0.2, 0.25) is 5.91 Å². The highest BCUT2D eigenvalue weighted by Crippen LogP contribution is 2.28. The first-order valence-corrected chi connectivity index (χ1v) is 7.73. The topological polar surface area (TPSA) is 85.2 Å². The van der Waals surface area contributed by atoms with Gasteiger partial charge in [0.05, 0.1) is 11.0 Å². The maximum absolute atomic E-state index is 11.3. The van der Waals surface area contributed by atoms with Crippen molar-refractivity contribution in [1.29, 1.82) is 0 Å². The van der Waals surface area contributed by atoms with Crippen LogP contribution < -0.4 is 16.4 Å². The summed E-state index contributed by atoms with van der Waals surface area (Å²) in [4.78, 5) is 17.5. The predicted octanol–water partition coefficient (Wildman–Crippen LogP) is 2.68. The van der Waals surface area contributed by atoms with E-state index in [1.165, 1.54) is 0 Å². The van der Waals surface area contributed by atoms with Crippen LogP contribution in [0.3, 0.4) is 0 Å². The van der Waals surface area contributed by atoms with Crippen LogP contribution in [-0.2, 0) is 11.3 Å². The van der Waals surface area contributed by atoms with Crippen molar-refractivity contribution in [3.63, 3.8) is 0 Å². The first-order chi connectivity index (χ1) is 9.97.